The van der Waals surface area contributed by atoms with Gasteiger partial charge in [-0.15, -0.1) is 0 Å². The molecule has 0 aliphatic carbocycles. The Kier molecular flexibility index (Phi) is 2.46. The van der Waals surface area contributed by atoms with Crippen LogP contribution in [0.1, 0.15) is 6.92 Å². The van der Waals surface area contributed by atoms with Crippen LogP contribution in [0.5, 0.6) is 5.75 Å². The van der Waals surface area contributed by atoms with Crippen LogP contribution >= 0.6 is 0 Å². The van der Waals surface area contributed by atoms with Gasteiger partial charge in [0.1, 0.15) is 5.75 Å². The fourth-order valence-corrected chi connectivity index (χ4v) is 1.60. The van der Waals surface area contributed by atoms with Gasteiger partial charge in [-0.2, -0.15) is 0 Å². The molecule has 0 bridgehead atoms. The zero-order chi connectivity index (χ0) is 10.8. The van der Waals surface area contributed by atoms with Gasteiger partial charge in [-0.3, -0.25) is 4.79 Å². The summed E-state index contributed by atoms with van der Waals surface area (Å²) in [6.45, 7) is 6.40. The van der Waals surface area contributed by atoms with Gasteiger partial charge < -0.3 is 9.64 Å². The fourth-order valence-electron chi connectivity index (χ4n) is 1.60. The first kappa shape index (κ1) is 9.77. The second kappa shape index (κ2) is 3.77. The molecular weight excluding hydrogens is 190 g/mol. The smallest absolute Gasteiger partial charge is 0.265 e. The summed E-state index contributed by atoms with van der Waals surface area (Å²) in [5.74, 6) is 0.745. The third kappa shape index (κ3) is 1.86. The Balaban J connectivity index is 2.37. The molecule has 1 amide bonds. The topological polar surface area (TPSA) is 29.5 Å². The van der Waals surface area contributed by atoms with Gasteiger partial charge in [0.2, 0.25) is 0 Å². The van der Waals surface area contributed by atoms with Gasteiger partial charge >= 0.3 is 0 Å². The largest absolute Gasteiger partial charge is 0.482 e. The summed E-state index contributed by atoms with van der Waals surface area (Å²) in [4.78, 5) is 13.4. The van der Waals surface area contributed by atoms with Crippen LogP contribution in [0.2, 0.25) is 0 Å². The third-order valence-corrected chi connectivity index (χ3v) is 2.24. The van der Waals surface area contributed by atoms with Gasteiger partial charge in [-0.1, -0.05) is 24.3 Å². The van der Waals surface area contributed by atoms with E-state index in [1.807, 2.05) is 31.2 Å². The quantitative estimate of drug-likeness (QED) is 0.688. The normalized spacial score (nSPS) is 14.5. The van der Waals surface area contributed by atoms with Gasteiger partial charge in [0.15, 0.2) is 6.61 Å². The molecule has 1 aromatic rings. The Hall–Kier alpha value is -1.77. The van der Waals surface area contributed by atoms with E-state index < -0.39 is 0 Å². The van der Waals surface area contributed by atoms with Crippen molar-refractivity contribution in [1.82, 2.24) is 0 Å². The molecule has 0 radical (unpaired) electrons. The van der Waals surface area contributed by atoms with E-state index in [0.717, 1.165) is 17.0 Å². The predicted molar refractivity (Wildman–Crippen MR) is 59.1 cm³/mol. The molecule has 1 aromatic carbocycles. The molecule has 3 nitrogen and oxygen atoms in total. The van der Waals surface area contributed by atoms with Crippen molar-refractivity contribution in [3.8, 4) is 5.75 Å². The van der Waals surface area contributed by atoms with E-state index >= 15 is 0 Å². The second-order valence-electron chi connectivity index (χ2n) is 3.69. The first-order chi connectivity index (χ1) is 7.18. The Labute approximate surface area is 89.0 Å². The molecule has 1 heterocycles. The fraction of sp³-hybridized carbons (Fsp3) is 0.250. The molecule has 2 rings (SSSR count). The van der Waals surface area contributed by atoms with Gasteiger partial charge in [-0.25, -0.2) is 0 Å². The van der Waals surface area contributed by atoms with E-state index in [-0.39, 0.29) is 12.5 Å². The lowest BCUT2D eigenvalue weighted by atomic mass is 10.2. The second-order valence-corrected chi connectivity index (χ2v) is 3.69. The van der Waals surface area contributed by atoms with E-state index in [0.29, 0.717) is 6.54 Å². The number of rotatable bonds is 2. The van der Waals surface area contributed by atoms with Crippen LogP contribution in [0, 0.1) is 0 Å². The Morgan fingerprint density at radius 3 is 3.00 bits per heavy atom. The summed E-state index contributed by atoms with van der Waals surface area (Å²) >= 11 is 0. The molecule has 0 saturated carbocycles. The van der Waals surface area contributed by atoms with Gasteiger partial charge in [0, 0.05) is 6.54 Å². The van der Waals surface area contributed by atoms with E-state index in [4.69, 9.17) is 4.74 Å². The van der Waals surface area contributed by atoms with Crippen LogP contribution in [-0.2, 0) is 4.79 Å². The van der Waals surface area contributed by atoms with Crippen molar-refractivity contribution in [3.05, 3.63) is 36.4 Å². The SMILES string of the molecule is C=C(C)CN1C(=O)COc2ccccc21. The number of benzene rings is 1. The average Bonchev–Trinajstić information content (AvgIpc) is 2.22. The molecule has 0 aromatic heterocycles. The van der Waals surface area contributed by atoms with E-state index in [9.17, 15) is 4.79 Å². The zero-order valence-electron chi connectivity index (χ0n) is 8.69. The molecule has 0 fully saturated rings. The average molecular weight is 203 g/mol. The monoisotopic (exact) mass is 203 g/mol. The van der Waals surface area contributed by atoms with Crippen LogP contribution in [0.3, 0.4) is 0 Å². The lowest BCUT2D eigenvalue weighted by Gasteiger charge is -2.29. The predicted octanol–water partition coefficient (Wildman–Crippen LogP) is 1.99. The number of amides is 1. The van der Waals surface area contributed by atoms with Crippen LogP contribution in [0.15, 0.2) is 36.4 Å². The highest BCUT2D eigenvalue weighted by atomic mass is 16.5. The van der Waals surface area contributed by atoms with E-state index in [1.54, 1.807) is 4.90 Å². The Bertz CT molecular complexity index is 412. The molecule has 0 spiro atoms. The molecule has 15 heavy (non-hydrogen) atoms. The standard InChI is InChI=1S/C12H13NO2/c1-9(2)7-13-10-5-3-4-6-11(10)15-8-12(13)14/h3-6H,1,7-8H2,2H3. The maximum atomic E-state index is 11.7. The maximum absolute atomic E-state index is 11.7. The highest BCUT2D eigenvalue weighted by molar-refractivity contribution is 5.98. The molecule has 0 saturated heterocycles. The summed E-state index contributed by atoms with van der Waals surface area (Å²) in [5, 5.41) is 0. The van der Waals surface area contributed by atoms with Crippen molar-refractivity contribution in [3.63, 3.8) is 0 Å². The summed E-state index contributed by atoms with van der Waals surface area (Å²) in [7, 11) is 0. The highest BCUT2D eigenvalue weighted by Gasteiger charge is 2.24. The minimum atomic E-state index is -0.0169. The van der Waals surface area contributed by atoms with E-state index in [2.05, 4.69) is 6.58 Å². The first-order valence-corrected chi connectivity index (χ1v) is 4.85. The number of hydrogen-bond donors (Lipinski definition) is 0. The number of carbonyl (C=O) groups excluding carboxylic acids is 1. The molecule has 0 atom stereocenters. The summed E-state index contributed by atoms with van der Waals surface area (Å²) in [5.41, 5.74) is 1.79. The molecule has 0 N–H and O–H groups in total. The van der Waals surface area contributed by atoms with Crippen molar-refractivity contribution >= 4 is 11.6 Å². The van der Waals surface area contributed by atoms with Crippen molar-refractivity contribution in [2.75, 3.05) is 18.1 Å². The van der Waals surface area contributed by atoms with Crippen LogP contribution in [0.4, 0.5) is 5.69 Å². The number of ether oxygens (including phenoxy) is 1. The lowest BCUT2D eigenvalue weighted by Crippen LogP contribution is -2.39. The maximum Gasteiger partial charge on any atom is 0.265 e. The number of carbonyl (C=O) groups is 1. The molecule has 3 heteroatoms. The number of para-hydroxylation sites is 2. The first-order valence-electron chi connectivity index (χ1n) is 4.85. The van der Waals surface area contributed by atoms with Crippen LogP contribution in [-0.4, -0.2) is 19.1 Å². The van der Waals surface area contributed by atoms with Gasteiger partial charge in [-0.05, 0) is 19.1 Å². The minimum Gasteiger partial charge on any atom is -0.482 e. The van der Waals surface area contributed by atoms with Crippen LogP contribution in [0.25, 0.3) is 0 Å². The lowest BCUT2D eigenvalue weighted by molar-refractivity contribution is -0.121. The van der Waals surface area contributed by atoms with Crippen molar-refractivity contribution in [1.29, 1.82) is 0 Å². The molecule has 0 unspecified atom stereocenters. The summed E-state index contributed by atoms with van der Waals surface area (Å²) in [6, 6.07) is 7.54. The molecule has 78 valence electrons. The molecular formula is C12H13NO2. The third-order valence-electron chi connectivity index (χ3n) is 2.24. The Morgan fingerprint density at radius 1 is 1.53 bits per heavy atom. The minimum absolute atomic E-state index is 0.0169. The highest BCUT2D eigenvalue weighted by Crippen LogP contribution is 2.31. The summed E-state index contributed by atoms with van der Waals surface area (Å²) < 4.78 is 5.33. The number of fused-ring (bicyclic) bond motifs is 1. The molecule has 1 aliphatic rings. The van der Waals surface area contributed by atoms with Crippen LogP contribution < -0.4 is 9.64 Å². The number of hydrogen-bond acceptors (Lipinski definition) is 2. The van der Waals surface area contributed by atoms with Crippen molar-refractivity contribution < 1.29 is 9.53 Å². The zero-order valence-corrected chi connectivity index (χ0v) is 8.69. The Morgan fingerprint density at radius 2 is 2.27 bits per heavy atom. The molecule has 1 aliphatic heterocycles. The van der Waals surface area contributed by atoms with Crippen molar-refractivity contribution in [2.24, 2.45) is 0 Å². The number of anilines is 1. The van der Waals surface area contributed by atoms with Crippen molar-refractivity contribution in [2.45, 2.75) is 6.92 Å². The van der Waals surface area contributed by atoms with E-state index in [1.165, 1.54) is 0 Å². The summed E-state index contributed by atoms with van der Waals surface area (Å²) in [6.07, 6.45) is 0. The van der Waals surface area contributed by atoms with Gasteiger partial charge in [0.05, 0.1) is 5.69 Å². The number of nitrogens with zero attached hydrogens (tertiary/aromatic N) is 1. The van der Waals surface area contributed by atoms with Gasteiger partial charge in [0.25, 0.3) is 5.91 Å².